The molecule has 0 saturated heterocycles. The van der Waals surface area contributed by atoms with Gasteiger partial charge in [0.1, 0.15) is 6.61 Å². The molecular formula is C27H52O12S. The zero-order chi connectivity index (χ0) is 28.9. The average Bonchev–Trinajstić information content (AvgIpc) is 2.97. The van der Waals surface area contributed by atoms with E-state index in [0.29, 0.717) is 159 Å². The second kappa shape index (κ2) is 38.4. The molecule has 0 aliphatic carbocycles. The highest BCUT2D eigenvalue weighted by molar-refractivity contribution is 7.80. The van der Waals surface area contributed by atoms with Crippen LogP contribution in [0.25, 0.3) is 0 Å². The van der Waals surface area contributed by atoms with Gasteiger partial charge in [-0.15, -0.1) is 6.42 Å². The Kier molecular flexibility index (Phi) is 37.9. The fourth-order valence-corrected chi connectivity index (χ4v) is 2.74. The summed E-state index contributed by atoms with van der Waals surface area (Å²) in [6, 6.07) is 0. The number of thiol groups is 1. The van der Waals surface area contributed by atoms with Crippen molar-refractivity contribution >= 4 is 12.6 Å². The molecule has 0 aromatic rings. The quantitative estimate of drug-likeness (QED) is 0.0623. The second-order valence-corrected chi connectivity index (χ2v) is 8.16. The Labute approximate surface area is 246 Å². The van der Waals surface area contributed by atoms with E-state index in [4.69, 9.17) is 63.3 Å². The lowest BCUT2D eigenvalue weighted by molar-refractivity contribution is -0.0280. The zero-order valence-electron chi connectivity index (χ0n) is 24.1. The van der Waals surface area contributed by atoms with E-state index in [-0.39, 0.29) is 0 Å². The lowest BCUT2D eigenvalue weighted by Gasteiger charge is -2.09. The van der Waals surface area contributed by atoms with Crippen LogP contribution in [0.5, 0.6) is 0 Å². The molecule has 0 aromatic heterocycles. The fraction of sp³-hybridized carbons (Fsp3) is 0.926. The maximum atomic E-state index is 5.46. The molecule has 238 valence electrons. The minimum Gasteiger partial charge on any atom is -0.378 e. The van der Waals surface area contributed by atoms with E-state index >= 15 is 0 Å². The highest BCUT2D eigenvalue weighted by Crippen LogP contribution is 1.87. The maximum Gasteiger partial charge on any atom is 0.107 e. The average molecular weight is 601 g/mol. The third-order valence-corrected chi connectivity index (χ3v) is 4.70. The van der Waals surface area contributed by atoms with Gasteiger partial charge in [-0.3, -0.25) is 0 Å². The molecule has 12 nitrogen and oxygen atoms in total. The summed E-state index contributed by atoms with van der Waals surface area (Å²) in [5.74, 6) is 3.12. The summed E-state index contributed by atoms with van der Waals surface area (Å²) in [4.78, 5) is 0. The van der Waals surface area contributed by atoms with Crippen molar-refractivity contribution in [1.82, 2.24) is 0 Å². The van der Waals surface area contributed by atoms with Crippen LogP contribution in [-0.2, 0) is 56.8 Å². The molecule has 0 heterocycles. The van der Waals surface area contributed by atoms with E-state index in [0.717, 1.165) is 5.75 Å². The summed E-state index contributed by atoms with van der Waals surface area (Å²) in [5, 5.41) is 0. The van der Waals surface area contributed by atoms with Crippen LogP contribution in [0.15, 0.2) is 0 Å². The van der Waals surface area contributed by atoms with Gasteiger partial charge in [0.05, 0.1) is 152 Å². The van der Waals surface area contributed by atoms with Gasteiger partial charge in [-0.1, -0.05) is 5.92 Å². The van der Waals surface area contributed by atoms with Crippen LogP contribution in [0.2, 0.25) is 0 Å². The Morgan fingerprint density at radius 1 is 0.300 bits per heavy atom. The first-order chi connectivity index (χ1) is 19.9. The summed E-state index contributed by atoms with van der Waals surface area (Å²) in [6.07, 6.45) is 5.07. The third-order valence-electron chi connectivity index (χ3n) is 4.51. The van der Waals surface area contributed by atoms with Gasteiger partial charge in [0.2, 0.25) is 0 Å². The molecule has 0 aliphatic rings. The maximum absolute atomic E-state index is 5.46. The summed E-state index contributed by atoms with van der Waals surface area (Å²) >= 11 is 4.06. The van der Waals surface area contributed by atoms with Gasteiger partial charge in [-0.05, 0) is 0 Å². The van der Waals surface area contributed by atoms with Crippen LogP contribution < -0.4 is 0 Å². The molecule has 0 aromatic carbocycles. The van der Waals surface area contributed by atoms with Crippen molar-refractivity contribution in [2.24, 2.45) is 0 Å². The van der Waals surface area contributed by atoms with E-state index < -0.39 is 0 Å². The highest BCUT2D eigenvalue weighted by Gasteiger charge is 1.96. The van der Waals surface area contributed by atoms with Crippen molar-refractivity contribution in [2.45, 2.75) is 0 Å². The van der Waals surface area contributed by atoms with Gasteiger partial charge in [-0.25, -0.2) is 0 Å². The molecule has 0 radical (unpaired) electrons. The number of hydrogen-bond donors (Lipinski definition) is 1. The highest BCUT2D eigenvalue weighted by atomic mass is 32.1. The number of terminal acetylenes is 1. The smallest absolute Gasteiger partial charge is 0.107 e. The largest absolute Gasteiger partial charge is 0.378 e. The van der Waals surface area contributed by atoms with Gasteiger partial charge in [0.15, 0.2) is 0 Å². The number of ether oxygens (including phenoxy) is 12. The molecule has 0 atom stereocenters. The Balaban J connectivity index is 3.02. The Morgan fingerprint density at radius 2 is 0.475 bits per heavy atom. The summed E-state index contributed by atoms with van der Waals surface area (Å²) in [7, 11) is 0. The topological polar surface area (TPSA) is 111 Å². The first-order valence-electron chi connectivity index (χ1n) is 13.9. The van der Waals surface area contributed by atoms with Crippen molar-refractivity contribution in [1.29, 1.82) is 0 Å². The fourth-order valence-electron chi connectivity index (χ4n) is 2.61. The van der Waals surface area contributed by atoms with Crippen LogP contribution in [0.3, 0.4) is 0 Å². The molecule has 0 bridgehead atoms. The molecular weight excluding hydrogens is 548 g/mol. The third kappa shape index (κ3) is 37.4. The van der Waals surface area contributed by atoms with Crippen molar-refractivity contribution in [2.75, 3.05) is 164 Å². The SMILES string of the molecule is C#CCOCCOCCOCCOCCOCCOCCOCCOCCOCCOCCOCCOCCS. The molecule has 40 heavy (non-hydrogen) atoms. The standard InChI is InChI=1S/C27H52O12S/c1-2-3-28-4-5-29-6-7-30-8-9-31-10-11-32-12-13-33-14-15-34-16-17-35-18-19-36-20-21-37-22-23-38-24-25-39-26-27-40/h1,40H,3-27H2. The Morgan fingerprint density at radius 3 is 0.650 bits per heavy atom. The molecule has 13 heteroatoms. The van der Waals surface area contributed by atoms with Crippen LogP contribution >= 0.6 is 12.6 Å². The predicted molar refractivity (Wildman–Crippen MR) is 153 cm³/mol. The molecule has 0 aliphatic heterocycles. The van der Waals surface area contributed by atoms with Gasteiger partial charge in [-0.2, -0.15) is 12.6 Å². The van der Waals surface area contributed by atoms with Crippen molar-refractivity contribution in [3.63, 3.8) is 0 Å². The van der Waals surface area contributed by atoms with Crippen LogP contribution in [0.1, 0.15) is 0 Å². The molecule has 0 saturated carbocycles. The van der Waals surface area contributed by atoms with Crippen molar-refractivity contribution in [3.05, 3.63) is 0 Å². The van der Waals surface area contributed by atoms with E-state index in [1.807, 2.05) is 0 Å². The van der Waals surface area contributed by atoms with Gasteiger partial charge in [0, 0.05) is 5.75 Å². The van der Waals surface area contributed by atoms with Crippen molar-refractivity contribution in [3.8, 4) is 12.3 Å². The first-order valence-corrected chi connectivity index (χ1v) is 14.5. The molecule has 0 spiro atoms. The predicted octanol–water partition coefficient (Wildman–Crippen LogP) is 0.749. The second-order valence-electron chi connectivity index (χ2n) is 7.72. The lowest BCUT2D eigenvalue weighted by Crippen LogP contribution is -2.15. The van der Waals surface area contributed by atoms with Gasteiger partial charge < -0.3 is 56.8 Å². The van der Waals surface area contributed by atoms with Gasteiger partial charge >= 0.3 is 0 Å². The number of hydrogen-bond acceptors (Lipinski definition) is 13. The molecule has 0 fully saturated rings. The van der Waals surface area contributed by atoms with Crippen LogP contribution in [0.4, 0.5) is 0 Å². The minimum atomic E-state index is 0.308. The molecule has 0 unspecified atom stereocenters. The Bertz CT molecular complexity index is 499. The zero-order valence-corrected chi connectivity index (χ0v) is 25.0. The summed E-state index contributed by atoms with van der Waals surface area (Å²) in [6.45, 7) is 12.4. The monoisotopic (exact) mass is 600 g/mol. The van der Waals surface area contributed by atoms with Gasteiger partial charge in [0.25, 0.3) is 0 Å². The minimum absolute atomic E-state index is 0.308. The van der Waals surface area contributed by atoms with E-state index in [1.54, 1.807) is 0 Å². The normalized spacial score (nSPS) is 11.3. The first kappa shape index (κ1) is 39.4. The Hall–Kier alpha value is -0.570. The van der Waals surface area contributed by atoms with E-state index in [2.05, 4.69) is 18.5 Å². The summed E-state index contributed by atoms with van der Waals surface area (Å²) in [5.41, 5.74) is 0. The van der Waals surface area contributed by atoms with E-state index in [9.17, 15) is 0 Å². The molecule has 0 rings (SSSR count). The number of rotatable bonds is 36. The lowest BCUT2D eigenvalue weighted by atomic mass is 10.6. The van der Waals surface area contributed by atoms with Crippen LogP contribution in [-0.4, -0.2) is 164 Å². The molecule has 0 amide bonds. The summed E-state index contributed by atoms with van der Waals surface area (Å²) < 4.78 is 64.6. The van der Waals surface area contributed by atoms with Crippen molar-refractivity contribution < 1.29 is 56.8 Å². The molecule has 0 N–H and O–H groups in total. The van der Waals surface area contributed by atoms with Crippen LogP contribution in [0, 0.1) is 12.3 Å². The van der Waals surface area contributed by atoms with E-state index in [1.165, 1.54) is 0 Å².